The summed E-state index contributed by atoms with van der Waals surface area (Å²) < 4.78 is 0. The number of aryl methyl sites for hydroxylation is 1. The van der Waals surface area contributed by atoms with Gasteiger partial charge in [0.05, 0.1) is 6.20 Å². The second kappa shape index (κ2) is 7.24. The van der Waals surface area contributed by atoms with E-state index in [0.717, 1.165) is 13.1 Å². The van der Waals surface area contributed by atoms with Crippen LogP contribution in [0.5, 0.6) is 0 Å². The van der Waals surface area contributed by atoms with E-state index in [9.17, 15) is 0 Å². The van der Waals surface area contributed by atoms with Crippen LogP contribution in [0.25, 0.3) is 11.1 Å². The Morgan fingerprint density at radius 2 is 2.00 bits per heavy atom. The van der Waals surface area contributed by atoms with Crippen molar-refractivity contribution in [2.45, 2.75) is 32.2 Å². The molecule has 0 saturated carbocycles. The van der Waals surface area contributed by atoms with Gasteiger partial charge in [0.25, 0.3) is 0 Å². The van der Waals surface area contributed by atoms with Gasteiger partial charge < -0.3 is 0 Å². The summed E-state index contributed by atoms with van der Waals surface area (Å²) in [4.78, 5) is 2.57. The second-order valence-corrected chi connectivity index (χ2v) is 7.13. The highest BCUT2D eigenvalue weighted by Crippen LogP contribution is 2.33. The van der Waals surface area contributed by atoms with Crippen LogP contribution in [0.1, 0.15) is 35.6 Å². The van der Waals surface area contributed by atoms with Crippen LogP contribution in [-0.2, 0) is 6.54 Å². The lowest BCUT2D eigenvalue weighted by Gasteiger charge is -2.32. The Morgan fingerprint density at radius 3 is 2.84 bits per heavy atom. The van der Waals surface area contributed by atoms with E-state index in [4.69, 9.17) is 0 Å². The van der Waals surface area contributed by atoms with Gasteiger partial charge in [-0.15, -0.1) is 0 Å². The number of hydrogen-bond acceptors (Lipinski definition) is 2. The predicted octanol–water partition coefficient (Wildman–Crippen LogP) is 4.76. The van der Waals surface area contributed by atoms with Gasteiger partial charge in [-0.05, 0) is 37.4 Å². The van der Waals surface area contributed by atoms with Gasteiger partial charge in [0.2, 0.25) is 0 Å². The lowest BCUT2D eigenvalue weighted by molar-refractivity contribution is 0.198. The Labute approximate surface area is 149 Å². The van der Waals surface area contributed by atoms with Crippen molar-refractivity contribution in [2.24, 2.45) is 0 Å². The van der Waals surface area contributed by atoms with Crippen molar-refractivity contribution in [3.8, 4) is 11.1 Å². The van der Waals surface area contributed by atoms with Gasteiger partial charge in [-0.25, -0.2) is 0 Å². The molecular formula is C22H25N3. The number of hydrogen-bond donors (Lipinski definition) is 1. The molecule has 128 valence electrons. The lowest BCUT2D eigenvalue weighted by atomic mass is 9.90. The van der Waals surface area contributed by atoms with E-state index in [1.807, 2.05) is 6.20 Å². The molecule has 2 aromatic carbocycles. The molecule has 0 amide bonds. The summed E-state index contributed by atoms with van der Waals surface area (Å²) in [7, 11) is 0. The first-order valence-corrected chi connectivity index (χ1v) is 9.16. The van der Waals surface area contributed by atoms with Crippen molar-refractivity contribution >= 4 is 0 Å². The Kier molecular flexibility index (Phi) is 4.66. The number of aromatic nitrogens is 2. The molecule has 3 aromatic rings. The number of H-pyrrole nitrogens is 1. The first-order chi connectivity index (χ1) is 12.3. The molecule has 0 aliphatic carbocycles. The minimum absolute atomic E-state index is 0.524. The van der Waals surface area contributed by atoms with Crippen LogP contribution >= 0.6 is 0 Å². The Balaban J connectivity index is 1.53. The summed E-state index contributed by atoms with van der Waals surface area (Å²) in [5, 5.41) is 7.67. The molecule has 1 aliphatic heterocycles. The molecule has 3 nitrogen and oxygen atoms in total. The molecule has 25 heavy (non-hydrogen) atoms. The van der Waals surface area contributed by atoms with E-state index in [1.54, 1.807) is 0 Å². The normalized spacial score (nSPS) is 18.4. The van der Waals surface area contributed by atoms with Gasteiger partial charge in [-0.1, -0.05) is 60.2 Å². The zero-order chi connectivity index (χ0) is 17.1. The average Bonchev–Trinajstić information content (AvgIpc) is 3.13. The summed E-state index contributed by atoms with van der Waals surface area (Å²) in [6.07, 6.45) is 4.45. The highest BCUT2D eigenvalue weighted by Gasteiger charge is 2.25. The summed E-state index contributed by atoms with van der Waals surface area (Å²) in [6, 6.07) is 19.5. The highest BCUT2D eigenvalue weighted by molar-refractivity contribution is 5.66. The molecule has 1 N–H and O–H groups in total. The van der Waals surface area contributed by atoms with E-state index in [2.05, 4.69) is 76.6 Å². The monoisotopic (exact) mass is 331 g/mol. The van der Waals surface area contributed by atoms with Crippen molar-refractivity contribution < 1.29 is 0 Å². The summed E-state index contributed by atoms with van der Waals surface area (Å²) >= 11 is 0. The fraction of sp³-hybridized carbons (Fsp3) is 0.318. The zero-order valence-corrected chi connectivity index (χ0v) is 14.8. The van der Waals surface area contributed by atoms with Gasteiger partial charge in [-0.2, -0.15) is 5.10 Å². The number of nitrogens with zero attached hydrogens (tertiary/aromatic N) is 2. The van der Waals surface area contributed by atoms with Crippen molar-refractivity contribution in [2.75, 3.05) is 13.1 Å². The summed E-state index contributed by atoms with van der Waals surface area (Å²) in [5.74, 6) is 0.524. The molecule has 2 heterocycles. The molecule has 1 saturated heterocycles. The van der Waals surface area contributed by atoms with Gasteiger partial charge in [0, 0.05) is 30.3 Å². The molecule has 0 bridgehead atoms. The maximum Gasteiger partial charge on any atom is 0.0568 e. The third kappa shape index (κ3) is 3.67. The molecule has 0 unspecified atom stereocenters. The number of rotatable bonds is 4. The predicted molar refractivity (Wildman–Crippen MR) is 102 cm³/mol. The fourth-order valence-electron chi connectivity index (χ4n) is 3.93. The molecule has 4 rings (SSSR count). The Hall–Kier alpha value is -2.39. The second-order valence-electron chi connectivity index (χ2n) is 7.13. The number of aromatic amines is 1. The number of likely N-dealkylation sites (tertiary alicyclic amines) is 1. The highest BCUT2D eigenvalue weighted by atomic mass is 15.1. The lowest BCUT2D eigenvalue weighted by Crippen LogP contribution is -2.34. The van der Waals surface area contributed by atoms with Crippen molar-refractivity contribution in [1.82, 2.24) is 15.1 Å². The maximum absolute atomic E-state index is 4.37. The van der Waals surface area contributed by atoms with Gasteiger partial charge in [0.1, 0.15) is 0 Å². The fourth-order valence-corrected chi connectivity index (χ4v) is 3.93. The van der Waals surface area contributed by atoms with Crippen molar-refractivity contribution in [3.63, 3.8) is 0 Å². The maximum atomic E-state index is 4.37. The number of nitrogens with one attached hydrogen (secondary N) is 1. The number of piperidine rings is 1. The zero-order valence-electron chi connectivity index (χ0n) is 14.8. The van der Waals surface area contributed by atoms with E-state index >= 15 is 0 Å². The summed E-state index contributed by atoms with van der Waals surface area (Å²) in [5.41, 5.74) is 6.51. The average molecular weight is 331 g/mol. The molecule has 0 spiro atoms. The Bertz CT molecular complexity index is 822. The molecule has 0 radical (unpaired) electrons. The quantitative estimate of drug-likeness (QED) is 0.747. The van der Waals surface area contributed by atoms with Gasteiger partial charge >= 0.3 is 0 Å². The van der Waals surface area contributed by atoms with Crippen LogP contribution in [0, 0.1) is 6.92 Å². The van der Waals surface area contributed by atoms with Gasteiger partial charge in [0.15, 0.2) is 0 Å². The van der Waals surface area contributed by atoms with E-state index < -0.39 is 0 Å². The standard InChI is InChI=1S/C22H25N3/c1-17-7-5-10-19(13-17)21-14-23-24-22(21)20-11-6-12-25(16-20)15-18-8-3-2-4-9-18/h2-5,7-10,13-14,20H,6,11-12,15-16H2,1H3,(H,23,24)/t20-/m0/s1. The van der Waals surface area contributed by atoms with Crippen LogP contribution in [0.4, 0.5) is 0 Å². The molecule has 3 heteroatoms. The molecule has 1 aliphatic rings. The van der Waals surface area contributed by atoms with Crippen LogP contribution in [0.3, 0.4) is 0 Å². The van der Waals surface area contributed by atoms with Crippen LogP contribution in [0.15, 0.2) is 60.8 Å². The SMILES string of the molecule is Cc1cccc(-c2cn[nH]c2[C@H]2CCCN(Cc3ccccc3)C2)c1. The third-order valence-electron chi connectivity index (χ3n) is 5.16. The van der Waals surface area contributed by atoms with E-state index in [0.29, 0.717) is 5.92 Å². The minimum Gasteiger partial charge on any atom is -0.298 e. The third-order valence-corrected chi connectivity index (χ3v) is 5.16. The topological polar surface area (TPSA) is 31.9 Å². The number of benzene rings is 2. The van der Waals surface area contributed by atoms with Crippen molar-refractivity contribution in [1.29, 1.82) is 0 Å². The Morgan fingerprint density at radius 1 is 1.12 bits per heavy atom. The smallest absolute Gasteiger partial charge is 0.0568 e. The first-order valence-electron chi connectivity index (χ1n) is 9.16. The molecule has 1 fully saturated rings. The molecule has 1 atom stereocenters. The van der Waals surface area contributed by atoms with Crippen LogP contribution in [-0.4, -0.2) is 28.2 Å². The van der Waals surface area contributed by atoms with E-state index in [-0.39, 0.29) is 0 Å². The van der Waals surface area contributed by atoms with E-state index in [1.165, 1.54) is 47.3 Å². The first kappa shape index (κ1) is 16.1. The minimum atomic E-state index is 0.524. The van der Waals surface area contributed by atoms with Crippen LogP contribution in [0.2, 0.25) is 0 Å². The van der Waals surface area contributed by atoms with Crippen molar-refractivity contribution in [3.05, 3.63) is 77.6 Å². The molecule has 1 aromatic heterocycles. The van der Waals surface area contributed by atoms with Gasteiger partial charge in [-0.3, -0.25) is 10.00 Å². The molecular weight excluding hydrogens is 306 g/mol. The summed E-state index contributed by atoms with van der Waals surface area (Å²) in [6.45, 7) is 5.45. The largest absolute Gasteiger partial charge is 0.298 e. The van der Waals surface area contributed by atoms with Crippen LogP contribution < -0.4 is 0 Å².